The number of hydrogen-bond donors (Lipinski definition) is 1. The van der Waals surface area contributed by atoms with Crippen molar-refractivity contribution in [3.05, 3.63) is 131 Å². The zero-order valence-electron chi connectivity index (χ0n) is 29.3. The van der Waals surface area contributed by atoms with Crippen molar-refractivity contribution >= 4 is 18.3 Å². The summed E-state index contributed by atoms with van der Waals surface area (Å²) in [6, 6.07) is 36.6. The fourth-order valence-corrected chi connectivity index (χ4v) is 8.57. The van der Waals surface area contributed by atoms with Gasteiger partial charge in [-0.25, -0.2) is 0 Å². The summed E-state index contributed by atoms with van der Waals surface area (Å²) in [6.07, 6.45) is 11.7. The summed E-state index contributed by atoms with van der Waals surface area (Å²) in [5.41, 5.74) is 6.69. The smallest absolute Gasteiger partial charge is 0.224 e. The number of nitrogens with one attached hydrogen (secondary N) is 1. The molecule has 2 aliphatic rings. The summed E-state index contributed by atoms with van der Waals surface area (Å²) in [7, 11) is 3.46. The Hall–Kier alpha value is -3.80. The van der Waals surface area contributed by atoms with Crippen LogP contribution in [0.15, 0.2) is 103 Å². The number of carbonyl (C=O) groups excluding carboxylic acids is 1. The molecule has 4 aromatic rings. The standard InChI is InChI=1S/C43H52N2O3.ClH/c1-47-39-31-35-22-26-42(33-36(35)32-40(39)48-2)23-12-13-28-45(42)29-15-25-43(37-18-8-4-9-19-37,38-20-10-5-11-21-38)24-14-27-44-41(46)30-34-16-6-3-7-17-34;/h3-11,16-21,31-32H,12-15,22-30,33H2,1-2H3,(H,44,46);1H. The molecule has 4 aromatic carbocycles. The third-order valence-corrected chi connectivity index (χ3v) is 11.1. The number of hydrogen-bond acceptors (Lipinski definition) is 4. The molecule has 1 atom stereocenters. The fourth-order valence-electron chi connectivity index (χ4n) is 8.57. The molecule has 49 heavy (non-hydrogen) atoms. The van der Waals surface area contributed by atoms with Crippen molar-refractivity contribution in [2.24, 2.45) is 0 Å². The Morgan fingerprint density at radius 1 is 0.776 bits per heavy atom. The van der Waals surface area contributed by atoms with Gasteiger partial charge in [0.15, 0.2) is 11.5 Å². The zero-order valence-corrected chi connectivity index (χ0v) is 30.1. The number of benzene rings is 4. The van der Waals surface area contributed by atoms with E-state index in [-0.39, 0.29) is 29.3 Å². The minimum Gasteiger partial charge on any atom is -0.493 e. The third-order valence-electron chi connectivity index (χ3n) is 11.1. The molecule has 1 heterocycles. The van der Waals surface area contributed by atoms with Crippen LogP contribution in [-0.2, 0) is 29.5 Å². The van der Waals surface area contributed by atoms with Crippen LogP contribution in [0.4, 0.5) is 0 Å². The van der Waals surface area contributed by atoms with Gasteiger partial charge in [0.05, 0.1) is 20.6 Å². The maximum Gasteiger partial charge on any atom is 0.224 e. The Morgan fingerprint density at radius 3 is 2.00 bits per heavy atom. The number of halogens is 1. The molecule has 1 spiro atoms. The number of nitrogens with zero attached hydrogens (tertiary/aromatic N) is 1. The average Bonchev–Trinajstić information content (AvgIpc) is 3.14. The summed E-state index contributed by atoms with van der Waals surface area (Å²) in [5, 5.41) is 3.21. The molecule has 1 N–H and O–H groups in total. The van der Waals surface area contributed by atoms with E-state index in [2.05, 4.69) is 83.0 Å². The number of methoxy groups -OCH3 is 2. The van der Waals surface area contributed by atoms with Crippen molar-refractivity contribution in [1.82, 2.24) is 10.2 Å². The Kier molecular flexibility index (Phi) is 12.8. The van der Waals surface area contributed by atoms with Gasteiger partial charge >= 0.3 is 0 Å². The van der Waals surface area contributed by atoms with E-state index in [0.29, 0.717) is 13.0 Å². The van der Waals surface area contributed by atoms with Crippen molar-refractivity contribution in [1.29, 1.82) is 0 Å². The lowest BCUT2D eigenvalue weighted by Crippen LogP contribution is -2.55. The number of likely N-dealkylation sites (tertiary alicyclic amines) is 1. The van der Waals surface area contributed by atoms with Crippen LogP contribution >= 0.6 is 12.4 Å². The molecule has 1 aliphatic heterocycles. The van der Waals surface area contributed by atoms with E-state index in [1.165, 1.54) is 54.5 Å². The van der Waals surface area contributed by atoms with Crippen LogP contribution < -0.4 is 14.8 Å². The minimum absolute atomic E-state index is 0. The fraction of sp³-hybridized carbons (Fsp3) is 0.419. The first-order chi connectivity index (χ1) is 23.5. The van der Waals surface area contributed by atoms with Crippen LogP contribution in [0, 0.1) is 0 Å². The molecular formula is C43H53ClN2O3. The van der Waals surface area contributed by atoms with Crippen LogP contribution in [0.25, 0.3) is 0 Å². The monoisotopic (exact) mass is 680 g/mol. The van der Waals surface area contributed by atoms with E-state index in [4.69, 9.17) is 9.47 Å². The van der Waals surface area contributed by atoms with Crippen LogP contribution in [0.1, 0.15) is 79.2 Å². The molecular weight excluding hydrogens is 628 g/mol. The van der Waals surface area contributed by atoms with Crippen molar-refractivity contribution in [2.75, 3.05) is 33.9 Å². The molecule has 0 aromatic heterocycles. The highest BCUT2D eigenvalue weighted by Gasteiger charge is 2.42. The highest BCUT2D eigenvalue weighted by atomic mass is 35.5. The maximum absolute atomic E-state index is 12.8. The Balaban J connectivity index is 0.00000468. The molecule has 1 saturated heterocycles. The van der Waals surface area contributed by atoms with Gasteiger partial charge in [0, 0.05) is 17.5 Å². The normalized spacial score (nSPS) is 17.5. The summed E-state index contributed by atoms with van der Waals surface area (Å²) in [5.74, 6) is 1.76. The largest absolute Gasteiger partial charge is 0.493 e. The predicted octanol–water partition coefficient (Wildman–Crippen LogP) is 8.74. The predicted molar refractivity (Wildman–Crippen MR) is 202 cm³/mol. The summed E-state index contributed by atoms with van der Waals surface area (Å²) in [4.78, 5) is 15.6. The van der Waals surface area contributed by atoms with Crippen LogP contribution in [0.2, 0.25) is 0 Å². The number of ether oxygens (including phenoxy) is 2. The van der Waals surface area contributed by atoms with Gasteiger partial charge < -0.3 is 14.8 Å². The van der Waals surface area contributed by atoms with Gasteiger partial charge in [0.25, 0.3) is 0 Å². The van der Waals surface area contributed by atoms with E-state index >= 15 is 0 Å². The lowest BCUT2D eigenvalue weighted by Gasteiger charge is -2.50. The van der Waals surface area contributed by atoms with Gasteiger partial charge in [0.1, 0.15) is 0 Å². The van der Waals surface area contributed by atoms with Crippen molar-refractivity contribution in [3.63, 3.8) is 0 Å². The van der Waals surface area contributed by atoms with E-state index in [1.807, 2.05) is 30.3 Å². The molecule has 5 nitrogen and oxygen atoms in total. The first-order valence-corrected chi connectivity index (χ1v) is 18.0. The second kappa shape index (κ2) is 17.2. The molecule has 6 rings (SSSR count). The number of aryl methyl sites for hydroxylation is 1. The second-order valence-corrected chi connectivity index (χ2v) is 13.9. The first kappa shape index (κ1) is 36.5. The van der Waals surface area contributed by atoms with Gasteiger partial charge in [-0.05, 0) is 111 Å². The molecule has 0 bridgehead atoms. The lowest BCUT2D eigenvalue weighted by molar-refractivity contribution is -0.120. The highest BCUT2D eigenvalue weighted by molar-refractivity contribution is 5.85. The summed E-state index contributed by atoms with van der Waals surface area (Å²) in [6.45, 7) is 2.94. The maximum atomic E-state index is 12.8. The van der Waals surface area contributed by atoms with Gasteiger partial charge in [0.2, 0.25) is 5.91 Å². The minimum atomic E-state index is -0.126. The average molecular weight is 681 g/mol. The molecule has 1 aliphatic carbocycles. The lowest BCUT2D eigenvalue weighted by atomic mass is 9.68. The van der Waals surface area contributed by atoms with Crippen molar-refractivity contribution in [2.45, 2.75) is 81.6 Å². The Morgan fingerprint density at radius 2 is 1.37 bits per heavy atom. The van der Waals surface area contributed by atoms with Gasteiger partial charge in [-0.3, -0.25) is 9.69 Å². The molecule has 1 amide bonds. The SMILES string of the molecule is COc1cc2c(cc1OC)CC1(CCCCN1CCCC(CCCNC(=O)Cc1ccccc1)(c1ccccc1)c1ccccc1)CC2.Cl. The summed E-state index contributed by atoms with van der Waals surface area (Å²) >= 11 is 0. The van der Waals surface area contributed by atoms with Gasteiger partial charge in [-0.1, -0.05) is 97.4 Å². The van der Waals surface area contributed by atoms with Crippen LogP contribution in [0.5, 0.6) is 11.5 Å². The molecule has 0 radical (unpaired) electrons. The quantitative estimate of drug-likeness (QED) is 0.135. The van der Waals surface area contributed by atoms with E-state index < -0.39 is 0 Å². The molecule has 1 unspecified atom stereocenters. The van der Waals surface area contributed by atoms with Crippen LogP contribution in [0.3, 0.4) is 0 Å². The van der Waals surface area contributed by atoms with Gasteiger partial charge in [-0.2, -0.15) is 0 Å². The third kappa shape index (κ3) is 8.51. The number of rotatable bonds is 14. The zero-order chi connectivity index (χ0) is 33.2. The van der Waals surface area contributed by atoms with E-state index in [0.717, 1.165) is 62.1 Å². The van der Waals surface area contributed by atoms with Gasteiger partial charge in [-0.15, -0.1) is 12.4 Å². The molecule has 1 fully saturated rings. The van der Waals surface area contributed by atoms with Crippen molar-refractivity contribution in [3.8, 4) is 11.5 Å². The highest BCUT2D eigenvalue weighted by Crippen LogP contribution is 2.45. The Bertz CT molecular complexity index is 1580. The van der Waals surface area contributed by atoms with E-state index in [9.17, 15) is 4.79 Å². The molecule has 6 heteroatoms. The van der Waals surface area contributed by atoms with E-state index in [1.54, 1.807) is 14.2 Å². The molecule has 260 valence electrons. The second-order valence-electron chi connectivity index (χ2n) is 13.9. The molecule has 0 saturated carbocycles. The number of piperidine rings is 1. The van der Waals surface area contributed by atoms with Crippen LogP contribution in [-0.4, -0.2) is 50.2 Å². The summed E-state index contributed by atoms with van der Waals surface area (Å²) < 4.78 is 11.3. The first-order valence-electron chi connectivity index (χ1n) is 18.0. The Labute approximate surface area is 299 Å². The topological polar surface area (TPSA) is 50.8 Å². The van der Waals surface area contributed by atoms with Crippen molar-refractivity contribution < 1.29 is 14.3 Å². The number of carbonyl (C=O) groups is 1. The number of amides is 1. The number of fused-ring (bicyclic) bond motifs is 1.